The van der Waals surface area contributed by atoms with Gasteiger partial charge in [0.15, 0.2) is 0 Å². The van der Waals surface area contributed by atoms with Crippen LogP contribution in [0.5, 0.6) is 0 Å². The van der Waals surface area contributed by atoms with E-state index in [2.05, 4.69) is 11.8 Å². The highest BCUT2D eigenvalue weighted by Gasteiger charge is 2.07. The fourth-order valence-corrected chi connectivity index (χ4v) is 2.97. The second-order valence-electron chi connectivity index (χ2n) is 4.24. The van der Waals surface area contributed by atoms with Crippen LogP contribution in [0.3, 0.4) is 0 Å². The number of benzene rings is 2. The largest absolute Gasteiger partial charge is 0.320 e. The van der Waals surface area contributed by atoms with Gasteiger partial charge in [0.1, 0.15) is 0 Å². The first-order valence-electron chi connectivity index (χ1n) is 6.20. The van der Waals surface area contributed by atoms with Crippen molar-refractivity contribution in [1.29, 1.82) is 0 Å². The van der Waals surface area contributed by atoms with Crippen LogP contribution in [0.4, 0.5) is 0 Å². The Labute approximate surface area is 120 Å². The lowest BCUT2D eigenvalue weighted by molar-refractivity contribution is 1.14. The molecular weight excluding hydrogens is 268 g/mol. The summed E-state index contributed by atoms with van der Waals surface area (Å²) in [5.41, 5.74) is 7.12. The maximum atomic E-state index is 12.3. The van der Waals surface area contributed by atoms with Gasteiger partial charge in [-0.15, -0.1) is 0 Å². The Morgan fingerprint density at radius 1 is 1.10 bits per heavy atom. The fraction of sp³-hybridized carbons (Fsp3) is 0.0625. The standard InChI is InChI=1S/C16H12N2OS/c17-11-3-4-12-7-9-13(10-8-12)18-16(19)14-5-1-2-6-15(14)20-18/h1-2,5-10H,11,17H2. The van der Waals surface area contributed by atoms with Gasteiger partial charge in [0, 0.05) is 5.56 Å². The lowest BCUT2D eigenvalue weighted by Gasteiger charge is -1.99. The second kappa shape index (κ2) is 5.33. The van der Waals surface area contributed by atoms with Gasteiger partial charge in [0.2, 0.25) is 0 Å². The molecule has 0 aliphatic carbocycles. The molecule has 3 rings (SSSR count). The van der Waals surface area contributed by atoms with E-state index in [4.69, 9.17) is 5.73 Å². The molecule has 2 aromatic carbocycles. The van der Waals surface area contributed by atoms with Gasteiger partial charge in [-0.05, 0) is 36.4 Å². The third kappa shape index (κ3) is 2.25. The SMILES string of the molecule is NCC#Cc1ccc(-n2sc3ccccc3c2=O)cc1. The number of hydrogen-bond acceptors (Lipinski definition) is 3. The molecule has 0 radical (unpaired) electrons. The molecule has 0 fully saturated rings. The molecule has 0 aliphatic heterocycles. The summed E-state index contributed by atoms with van der Waals surface area (Å²) in [6, 6.07) is 15.2. The summed E-state index contributed by atoms with van der Waals surface area (Å²) in [5, 5.41) is 0.754. The first-order valence-corrected chi connectivity index (χ1v) is 6.97. The molecule has 0 bridgehead atoms. The van der Waals surface area contributed by atoms with Crippen molar-refractivity contribution < 1.29 is 0 Å². The Kier molecular flexibility index (Phi) is 3.38. The minimum atomic E-state index is 0.0198. The average Bonchev–Trinajstić information content (AvgIpc) is 2.83. The molecule has 3 nitrogen and oxygen atoms in total. The van der Waals surface area contributed by atoms with Crippen LogP contribution in [-0.4, -0.2) is 10.5 Å². The van der Waals surface area contributed by atoms with Crippen LogP contribution in [0.25, 0.3) is 15.8 Å². The number of fused-ring (bicyclic) bond motifs is 1. The van der Waals surface area contributed by atoms with Crippen molar-refractivity contribution in [2.24, 2.45) is 5.73 Å². The molecule has 0 unspecified atom stereocenters. The van der Waals surface area contributed by atoms with Gasteiger partial charge < -0.3 is 5.73 Å². The summed E-state index contributed by atoms with van der Waals surface area (Å²) in [5.74, 6) is 5.77. The molecule has 2 N–H and O–H groups in total. The smallest absolute Gasteiger partial charge is 0.273 e. The van der Waals surface area contributed by atoms with Crippen LogP contribution < -0.4 is 11.3 Å². The Balaban J connectivity index is 2.07. The van der Waals surface area contributed by atoms with E-state index in [0.717, 1.165) is 21.3 Å². The third-order valence-electron chi connectivity index (χ3n) is 2.93. The van der Waals surface area contributed by atoms with E-state index in [1.165, 1.54) is 11.5 Å². The minimum absolute atomic E-state index is 0.0198. The van der Waals surface area contributed by atoms with E-state index >= 15 is 0 Å². The van der Waals surface area contributed by atoms with Crippen molar-refractivity contribution in [3.63, 3.8) is 0 Å². The number of hydrogen-bond donors (Lipinski definition) is 1. The highest BCUT2D eigenvalue weighted by atomic mass is 32.1. The minimum Gasteiger partial charge on any atom is -0.320 e. The number of nitrogens with zero attached hydrogens (tertiary/aromatic N) is 1. The monoisotopic (exact) mass is 280 g/mol. The van der Waals surface area contributed by atoms with Crippen molar-refractivity contribution in [3.8, 4) is 17.5 Å². The molecule has 4 heteroatoms. The number of aromatic nitrogens is 1. The summed E-state index contributed by atoms with van der Waals surface area (Å²) in [6.07, 6.45) is 0. The van der Waals surface area contributed by atoms with Crippen molar-refractivity contribution in [2.45, 2.75) is 0 Å². The lowest BCUT2D eigenvalue weighted by atomic mass is 10.2. The van der Waals surface area contributed by atoms with Crippen LogP contribution in [-0.2, 0) is 0 Å². The Bertz CT molecular complexity index is 863. The molecule has 0 spiro atoms. The topological polar surface area (TPSA) is 48.0 Å². The van der Waals surface area contributed by atoms with Crippen LogP contribution >= 0.6 is 11.5 Å². The molecule has 0 saturated heterocycles. The Morgan fingerprint density at radius 2 is 1.85 bits per heavy atom. The van der Waals surface area contributed by atoms with E-state index in [1.54, 1.807) is 3.96 Å². The zero-order valence-corrected chi connectivity index (χ0v) is 11.5. The third-order valence-corrected chi connectivity index (χ3v) is 4.04. The first-order chi connectivity index (χ1) is 9.79. The first kappa shape index (κ1) is 12.7. The average molecular weight is 280 g/mol. The predicted octanol–water partition coefficient (Wildman–Crippen LogP) is 2.36. The maximum absolute atomic E-state index is 12.3. The Hall–Kier alpha value is -2.35. The molecule has 1 heterocycles. The van der Waals surface area contributed by atoms with Crippen molar-refractivity contribution in [2.75, 3.05) is 6.54 Å². The van der Waals surface area contributed by atoms with Crippen LogP contribution in [0, 0.1) is 11.8 Å². The van der Waals surface area contributed by atoms with Crippen LogP contribution in [0.1, 0.15) is 5.56 Å². The second-order valence-corrected chi connectivity index (χ2v) is 5.23. The van der Waals surface area contributed by atoms with Gasteiger partial charge in [-0.3, -0.25) is 4.79 Å². The van der Waals surface area contributed by atoms with Gasteiger partial charge in [-0.1, -0.05) is 35.5 Å². The highest BCUT2D eigenvalue weighted by Crippen LogP contribution is 2.19. The van der Waals surface area contributed by atoms with Gasteiger partial charge in [-0.2, -0.15) is 0 Å². The summed E-state index contributed by atoms with van der Waals surface area (Å²) in [7, 11) is 0. The molecule has 0 atom stereocenters. The number of rotatable bonds is 1. The predicted molar refractivity (Wildman–Crippen MR) is 83.4 cm³/mol. The van der Waals surface area contributed by atoms with Crippen LogP contribution in [0.2, 0.25) is 0 Å². The van der Waals surface area contributed by atoms with E-state index < -0.39 is 0 Å². The number of nitrogens with two attached hydrogens (primary N) is 1. The van der Waals surface area contributed by atoms with Gasteiger partial charge in [0.05, 0.1) is 22.3 Å². The zero-order valence-electron chi connectivity index (χ0n) is 10.7. The zero-order chi connectivity index (χ0) is 13.9. The van der Waals surface area contributed by atoms with Gasteiger partial charge >= 0.3 is 0 Å². The fourth-order valence-electron chi connectivity index (χ4n) is 1.98. The quantitative estimate of drug-likeness (QED) is 0.696. The molecule has 0 amide bonds. The highest BCUT2D eigenvalue weighted by molar-refractivity contribution is 7.14. The summed E-state index contributed by atoms with van der Waals surface area (Å²) in [4.78, 5) is 12.3. The molecule has 98 valence electrons. The van der Waals surface area contributed by atoms with E-state index in [-0.39, 0.29) is 5.56 Å². The van der Waals surface area contributed by atoms with E-state index in [9.17, 15) is 4.79 Å². The maximum Gasteiger partial charge on any atom is 0.273 e. The molecule has 0 aliphatic rings. The molecule has 1 aromatic heterocycles. The molecule has 20 heavy (non-hydrogen) atoms. The molecule has 3 aromatic rings. The summed E-state index contributed by atoms with van der Waals surface area (Å²) in [6.45, 7) is 0.345. The molecular formula is C16H12N2OS. The van der Waals surface area contributed by atoms with Gasteiger partial charge in [-0.25, -0.2) is 3.96 Å². The van der Waals surface area contributed by atoms with Crippen LogP contribution in [0.15, 0.2) is 53.3 Å². The van der Waals surface area contributed by atoms with Crippen molar-refractivity contribution in [1.82, 2.24) is 3.96 Å². The van der Waals surface area contributed by atoms with Gasteiger partial charge in [0.25, 0.3) is 5.56 Å². The normalized spacial score (nSPS) is 10.2. The van der Waals surface area contributed by atoms with Crippen molar-refractivity contribution in [3.05, 3.63) is 64.4 Å². The van der Waals surface area contributed by atoms with Crippen molar-refractivity contribution >= 4 is 21.6 Å². The molecule has 0 saturated carbocycles. The lowest BCUT2D eigenvalue weighted by Crippen LogP contribution is -2.10. The Morgan fingerprint density at radius 3 is 2.55 bits per heavy atom. The van der Waals surface area contributed by atoms with E-state index in [1.807, 2.05) is 48.5 Å². The summed E-state index contributed by atoms with van der Waals surface area (Å²) >= 11 is 1.45. The summed E-state index contributed by atoms with van der Waals surface area (Å²) < 4.78 is 2.69. The van der Waals surface area contributed by atoms with E-state index in [0.29, 0.717) is 6.54 Å².